The van der Waals surface area contributed by atoms with Gasteiger partial charge in [0, 0.05) is 22.3 Å². The van der Waals surface area contributed by atoms with Gasteiger partial charge in [0.1, 0.15) is 0 Å². The molecule has 0 fully saturated rings. The summed E-state index contributed by atoms with van der Waals surface area (Å²) in [6.45, 7) is 0. The summed E-state index contributed by atoms with van der Waals surface area (Å²) in [4.78, 5) is 0. The normalized spacial score (nSPS) is 11.5. The zero-order chi connectivity index (χ0) is 26.9. The van der Waals surface area contributed by atoms with Crippen molar-refractivity contribution in [2.24, 2.45) is 0 Å². The molecule has 0 spiro atoms. The van der Waals surface area contributed by atoms with Crippen LogP contribution in [0.2, 0.25) is 0 Å². The summed E-state index contributed by atoms with van der Waals surface area (Å²) in [6.07, 6.45) is -8.85. The maximum atomic E-state index is 12.9. The van der Waals surface area contributed by atoms with E-state index in [1.165, 1.54) is 24.3 Å². The highest BCUT2D eigenvalue weighted by Gasteiger charge is 2.30. The van der Waals surface area contributed by atoms with Gasteiger partial charge in [-0.25, -0.2) is 0 Å². The topological polar surface area (TPSA) is 0 Å². The lowest BCUT2D eigenvalue weighted by molar-refractivity contribution is -0.138. The summed E-state index contributed by atoms with van der Waals surface area (Å²) < 4.78 is 77.6. The third kappa shape index (κ3) is 5.66. The van der Waals surface area contributed by atoms with Gasteiger partial charge < -0.3 is 0 Å². The van der Waals surface area contributed by atoms with Crippen LogP contribution < -0.4 is 0 Å². The van der Waals surface area contributed by atoms with Crippen LogP contribution in [0.3, 0.4) is 0 Å². The second kappa shape index (κ2) is 9.65. The quantitative estimate of drug-likeness (QED) is 0.110. The second-order valence-electron chi connectivity index (χ2n) is 8.63. The van der Waals surface area contributed by atoms with Crippen molar-refractivity contribution in [3.05, 3.63) is 130 Å². The first-order chi connectivity index (χ1) is 18.0. The van der Waals surface area contributed by atoms with E-state index < -0.39 is 23.5 Å². The van der Waals surface area contributed by atoms with Crippen molar-refractivity contribution in [3.8, 4) is 23.7 Å². The maximum absolute atomic E-state index is 12.9. The van der Waals surface area contributed by atoms with Gasteiger partial charge >= 0.3 is 12.4 Å². The Bertz CT molecular complexity index is 1670. The van der Waals surface area contributed by atoms with Crippen molar-refractivity contribution in [2.75, 3.05) is 0 Å². The van der Waals surface area contributed by atoms with Gasteiger partial charge in [-0.2, -0.15) is 26.3 Å². The lowest BCUT2D eigenvalue weighted by Crippen LogP contribution is -2.04. The molecule has 0 bridgehead atoms. The van der Waals surface area contributed by atoms with E-state index in [-0.39, 0.29) is 11.1 Å². The number of hydrogen-bond acceptors (Lipinski definition) is 0. The molecule has 0 heterocycles. The smallest absolute Gasteiger partial charge is 0.166 e. The Morgan fingerprint density at radius 3 is 1.11 bits per heavy atom. The van der Waals surface area contributed by atoms with Crippen molar-refractivity contribution in [2.45, 2.75) is 12.4 Å². The van der Waals surface area contributed by atoms with Crippen LogP contribution in [-0.4, -0.2) is 0 Å². The van der Waals surface area contributed by atoms with Crippen LogP contribution in [0.4, 0.5) is 26.3 Å². The second-order valence-corrected chi connectivity index (χ2v) is 8.63. The minimum absolute atomic E-state index is 0.275. The summed E-state index contributed by atoms with van der Waals surface area (Å²) in [5.41, 5.74) is 0.395. The predicted octanol–water partition coefficient (Wildman–Crippen LogP) is 8.83. The molecule has 0 unspecified atom stereocenters. The van der Waals surface area contributed by atoms with E-state index in [1.807, 2.05) is 36.4 Å². The van der Waals surface area contributed by atoms with Gasteiger partial charge in [0.2, 0.25) is 0 Å². The third-order valence-corrected chi connectivity index (χ3v) is 5.88. The molecule has 5 aromatic rings. The first-order valence-electron chi connectivity index (χ1n) is 11.4. The summed E-state index contributed by atoms with van der Waals surface area (Å²) in [6, 6.07) is 24.8. The average molecular weight is 514 g/mol. The van der Waals surface area contributed by atoms with E-state index in [2.05, 4.69) is 23.7 Å². The van der Waals surface area contributed by atoms with Gasteiger partial charge in [0.25, 0.3) is 0 Å². The number of rotatable bonds is 0. The Morgan fingerprint density at radius 2 is 0.737 bits per heavy atom. The summed E-state index contributed by atoms with van der Waals surface area (Å²) in [5, 5.41) is 3.70. The molecular formula is C32H16F6. The monoisotopic (exact) mass is 514 g/mol. The molecule has 0 aliphatic heterocycles. The van der Waals surface area contributed by atoms with E-state index in [9.17, 15) is 26.3 Å². The average Bonchev–Trinajstić information content (AvgIpc) is 2.89. The van der Waals surface area contributed by atoms with Crippen molar-refractivity contribution in [1.82, 2.24) is 0 Å². The highest BCUT2D eigenvalue weighted by Crippen LogP contribution is 2.30. The molecule has 0 aromatic heterocycles. The fourth-order valence-electron chi connectivity index (χ4n) is 3.99. The number of fused-ring (bicyclic) bond motifs is 2. The van der Waals surface area contributed by atoms with E-state index in [0.29, 0.717) is 11.1 Å². The predicted molar refractivity (Wildman–Crippen MR) is 136 cm³/mol. The van der Waals surface area contributed by atoms with Crippen molar-refractivity contribution < 1.29 is 26.3 Å². The SMILES string of the molecule is FC(F)(F)c1cccc(C#Cc2ccc3cc4cc(C#Cc5cccc(C(F)(F)F)c5)ccc4cc3c2)c1. The maximum Gasteiger partial charge on any atom is 0.416 e. The van der Waals surface area contributed by atoms with Crippen LogP contribution in [0.1, 0.15) is 33.4 Å². The molecule has 0 nitrogen and oxygen atoms in total. The highest BCUT2D eigenvalue weighted by molar-refractivity contribution is 5.99. The molecule has 5 rings (SSSR count). The molecule has 5 aromatic carbocycles. The Hall–Kier alpha value is -4.68. The molecule has 38 heavy (non-hydrogen) atoms. The Morgan fingerprint density at radius 1 is 0.368 bits per heavy atom. The van der Waals surface area contributed by atoms with Crippen molar-refractivity contribution in [3.63, 3.8) is 0 Å². The third-order valence-electron chi connectivity index (χ3n) is 5.88. The molecule has 0 aliphatic rings. The minimum Gasteiger partial charge on any atom is -0.166 e. The van der Waals surface area contributed by atoms with Crippen LogP contribution >= 0.6 is 0 Å². The molecule has 6 heteroatoms. The lowest BCUT2D eigenvalue weighted by atomic mass is 10.00. The van der Waals surface area contributed by atoms with Crippen molar-refractivity contribution >= 4 is 21.5 Å². The highest BCUT2D eigenvalue weighted by atomic mass is 19.4. The summed E-state index contributed by atoms with van der Waals surface area (Å²) >= 11 is 0. The largest absolute Gasteiger partial charge is 0.416 e. The zero-order valence-electron chi connectivity index (χ0n) is 19.5. The fraction of sp³-hybridized carbons (Fsp3) is 0.0625. The lowest BCUT2D eigenvalue weighted by Gasteiger charge is -2.06. The van der Waals surface area contributed by atoms with E-state index in [0.717, 1.165) is 45.8 Å². The summed E-state index contributed by atoms with van der Waals surface area (Å²) in [5.74, 6) is 11.4. The van der Waals surface area contributed by atoms with Gasteiger partial charge in [-0.05, 0) is 94.3 Å². The Labute approximate surface area is 214 Å². The first-order valence-corrected chi connectivity index (χ1v) is 11.4. The van der Waals surface area contributed by atoms with Crippen molar-refractivity contribution in [1.29, 1.82) is 0 Å². The van der Waals surface area contributed by atoms with Crippen LogP contribution in [0.25, 0.3) is 21.5 Å². The van der Waals surface area contributed by atoms with Crippen LogP contribution in [0, 0.1) is 23.7 Å². The number of hydrogen-bond donors (Lipinski definition) is 0. The summed E-state index contributed by atoms with van der Waals surface area (Å²) in [7, 11) is 0. The molecule has 0 atom stereocenters. The number of benzene rings is 5. The zero-order valence-corrected chi connectivity index (χ0v) is 19.5. The first kappa shape index (κ1) is 25.0. The van der Waals surface area contributed by atoms with Gasteiger partial charge in [-0.15, -0.1) is 0 Å². The number of halogens is 6. The molecule has 0 saturated carbocycles. The minimum atomic E-state index is -4.43. The molecule has 186 valence electrons. The van der Waals surface area contributed by atoms with Gasteiger partial charge in [0.05, 0.1) is 11.1 Å². The van der Waals surface area contributed by atoms with Crippen LogP contribution in [-0.2, 0) is 12.4 Å². The van der Waals surface area contributed by atoms with Crippen LogP contribution in [0.15, 0.2) is 97.1 Å². The van der Waals surface area contributed by atoms with Gasteiger partial charge in [-0.3, -0.25) is 0 Å². The van der Waals surface area contributed by atoms with E-state index in [4.69, 9.17) is 0 Å². The molecule has 0 radical (unpaired) electrons. The molecule has 0 saturated heterocycles. The van der Waals surface area contributed by atoms with Gasteiger partial charge in [-0.1, -0.05) is 47.9 Å². The molecule has 0 aliphatic carbocycles. The Kier molecular flexibility index (Phi) is 6.35. The van der Waals surface area contributed by atoms with E-state index >= 15 is 0 Å². The molecular weight excluding hydrogens is 498 g/mol. The molecule has 0 amide bonds. The van der Waals surface area contributed by atoms with E-state index in [1.54, 1.807) is 12.1 Å². The molecule has 0 N–H and O–H groups in total. The standard InChI is InChI=1S/C32H16F6/c33-31(34,35)29-5-1-3-21(17-29)7-9-23-11-13-25-20-28-16-24(12-14-26(28)19-27(25)15-23)10-8-22-4-2-6-30(18-22)32(36,37)38/h1-6,11-20H. The van der Waals surface area contributed by atoms with Gasteiger partial charge in [0.15, 0.2) is 0 Å². The fourth-order valence-corrected chi connectivity index (χ4v) is 3.99. The van der Waals surface area contributed by atoms with Crippen LogP contribution in [0.5, 0.6) is 0 Å². The number of alkyl halides is 6. The Balaban J connectivity index is 1.42.